The zero-order valence-corrected chi connectivity index (χ0v) is 11.8. The summed E-state index contributed by atoms with van der Waals surface area (Å²) >= 11 is 1.95. The van der Waals surface area contributed by atoms with Gasteiger partial charge in [-0.25, -0.2) is 0 Å². The Morgan fingerprint density at radius 3 is 2.35 bits per heavy atom. The average molecular weight is 250 g/mol. The van der Waals surface area contributed by atoms with E-state index in [0.717, 1.165) is 17.7 Å². The van der Waals surface area contributed by atoms with E-state index in [1.165, 1.54) is 11.3 Å². The normalized spacial score (nSPS) is 22.7. The molecule has 1 nitrogen and oxygen atoms in total. The fraction of sp³-hybridized carbons (Fsp3) is 0.600. The van der Waals surface area contributed by atoms with Crippen LogP contribution in [-0.2, 0) is 5.41 Å². The zero-order valence-electron chi connectivity index (χ0n) is 10.9. The number of rotatable bonds is 2. The fourth-order valence-corrected chi connectivity index (χ4v) is 3.54. The Morgan fingerprint density at radius 1 is 1.24 bits per heavy atom. The van der Waals surface area contributed by atoms with Crippen LogP contribution in [0.1, 0.15) is 44.4 Å². The second-order valence-electron chi connectivity index (χ2n) is 5.94. The molecule has 1 aromatic carbocycles. The van der Waals surface area contributed by atoms with Gasteiger partial charge in [0, 0.05) is 0 Å². The highest BCUT2D eigenvalue weighted by molar-refractivity contribution is 7.99. The first kappa shape index (κ1) is 13.0. The molecule has 2 heteroatoms. The van der Waals surface area contributed by atoms with Crippen molar-refractivity contribution in [3.8, 4) is 0 Å². The zero-order chi connectivity index (χ0) is 12.5. The molecule has 0 spiro atoms. The minimum absolute atomic E-state index is 0.187. The quantitative estimate of drug-likeness (QED) is 0.862. The van der Waals surface area contributed by atoms with E-state index in [4.69, 9.17) is 0 Å². The van der Waals surface area contributed by atoms with Gasteiger partial charge in [0.2, 0.25) is 0 Å². The van der Waals surface area contributed by atoms with E-state index in [1.54, 1.807) is 0 Å². The summed E-state index contributed by atoms with van der Waals surface area (Å²) in [6, 6.07) is 8.49. The molecule has 0 bridgehead atoms. The van der Waals surface area contributed by atoms with Crippen molar-refractivity contribution in [2.75, 3.05) is 11.5 Å². The highest BCUT2D eigenvalue weighted by Gasteiger charge is 2.25. The molecule has 1 aliphatic rings. The van der Waals surface area contributed by atoms with Gasteiger partial charge in [0.15, 0.2) is 0 Å². The molecule has 1 heterocycles. The van der Waals surface area contributed by atoms with Crippen LogP contribution in [0.5, 0.6) is 0 Å². The van der Waals surface area contributed by atoms with Crippen molar-refractivity contribution in [1.82, 2.24) is 0 Å². The third-order valence-corrected chi connectivity index (χ3v) is 4.72. The van der Waals surface area contributed by atoms with Crippen LogP contribution in [0.25, 0.3) is 0 Å². The molecule has 0 amide bonds. The molecule has 1 saturated heterocycles. The van der Waals surface area contributed by atoms with Crippen LogP contribution in [0.3, 0.4) is 0 Å². The first-order chi connectivity index (χ1) is 7.98. The predicted molar refractivity (Wildman–Crippen MR) is 75.5 cm³/mol. The molecular weight excluding hydrogens is 228 g/mol. The van der Waals surface area contributed by atoms with Crippen LogP contribution in [0.15, 0.2) is 24.3 Å². The Kier molecular flexibility index (Phi) is 3.84. The van der Waals surface area contributed by atoms with E-state index in [0.29, 0.717) is 5.92 Å². The molecule has 94 valence electrons. The molecule has 1 aromatic rings. The van der Waals surface area contributed by atoms with Gasteiger partial charge in [0.05, 0.1) is 6.10 Å². The SMILES string of the molecule is CC(C)(C)c1ccc(C(O)C2CCSC2)cc1. The number of benzene rings is 1. The van der Waals surface area contributed by atoms with Gasteiger partial charge < -0.3 is 5.11 Å². The molecule has 2 rings (SSSR count). The highest BCUT2D eigenvalue weighted by atomic mass is 32.2. The lowest BCUT2D eigenvalue weighted by atomic mass is 9.85. The van der Waals surface area contributed by atoms with Crippen molar-refractivity contribution in [2.24, 2.45) is 5.92 Å². The Morgan fingerprint density at radius 2 is 1.88 bits per heavy atom. The Balaban J connectivity index is 2.12. The lowest BCUT2D eigenvalue weighted by Gasteiger charge is -2.21. The summed E-state index contributed by atoms with van der Waals surface area (Å²) in [6.45, 7) is 6.64. The second kappa shape index (κ2) is 5.03. The summed E-state index contributed by atoms with van der Waals surface area (Å²) in [5, 5.41) is 10.3. The van der Waals surface area contributed by atoms with Crippen molar-refractivity contribution in [2.45, 2.75) is 38.7 Å². The van der Waals surface area contributed by atoms with E-state index in [2.05, 4.69) is 45.0 Å². The number of aliphatic hydroxyl groups is 1. The van der Waals surface area contributed by atoms with Gasteiger partial charge in [0.25, 0.3) is 0 Å². The third kappa shape index (κ3) is 3.05. The van der Waals surface area contributed by atoms with Gasteiger partial charge in [-0.15, -0.1) is 0 Å². The van der Waals surface area contributed by atoms with Gasteiger partial charge in [-0.05, 0) is 40.4 Å². The van der Waals surface area contributed by atoms with Crippen LogP contribution in [0.2, 0.25) is 0 Å². The minimum Gasteiger partial charge on any atom is -0.388 e. The number of hydrogen-bond donors (Lipinski definition) is 1. The molecule has 2 unspecified atom stereocenters. The van der Waals surface area contributed by atoms with Gasteiger partial charge in [-0.1, -0.05) is 45.0 Å². The molecule has 0 aromatic heterocycles. The molecule has 2 atom stereocenters. The Hall–Kier alpha value is -0.470. The van der Waals surface area contributed by atoms with Crippen LogP contribution in [0.4, 0.5) is 0 Å². The van der Waals surface area contributed by atoms with Crippen LogP contribution < -0.4 is 0 Å². The van der Waals surface area contributed by atoms with Crippen molar-refractivity contribution in [3.05, 3.63) is 35.4 Å². The van der Waals surface area contributed by atoms with Gasteiger partial charge in [0.1, 0.15) is 0 Å². The van der Waals surface area contributed by atoms with Gasteiger partial charge in [-0.3, -0.25) is 0 Å². The van der Waals surface area contributed by atoms with Crippen LogP contribution >= 0.6 is 11.8 Å². The summed E-state index contributed by atoms with van der Waals surface area (Å²) in [4.78, 5) is 0. The molecule has 1 aliphatic heterocycles. The third-order valence-electron chi connectivity index (χ3n) is 3.53. The van der Waals surface area contributed by atoms with Crippen molar-refractivity contribution in [1.29, 1.82) is 0 Å². The minimum atomic E-state index is -0.279. The van der Waals surface area contributed by atoms with Crippen molar-refractivity contribution < 1.29 is 5.11 Å². The Bertz CT molecular complexity index is 358. The number of aliphatic hydroxyl groups excluding tert-OH is 1. The molecule has 0 radical (unpaired) electrons. The van der Waals surface area contributed by atoms with E-state index in [-0.39, 0.29) is 11.5 Å². The smallest absolute Gasteiger partial charge is 0.0826 e. The number of hydrogen-bond acceptors (Lipinski definition) is 2. The van der Waals surface area contributed by atoms with Gasteiger partial charge >= 0.3 is 0 Å². The molecule has 0 saturated carbocycles. The Labute approximate surface area is 109 Å². The topological polar surface area (TPSA) is 20.2 Å². The first-order valence-corrected chi connectivity index (χ1v) is 7.50. The second-order valence-corrected chi connectivity index (χ2v) is 7.09. The summed E-state index contributed by atoms with van der Waals surface area (Å²) in [7, 11) is 0. The summed E-state index contributed by atoms with van der Waals surface area (Å²) in [5.74, 6) is 2.74. The van der Waals surface area contributed by atoms with E-state index >= 15 is 0 Å². The first-order valence-electron chi connectivity index (χ1n) is 6.35. The predicted octanol–water partition coefficient (Wildman–Crippen LogP) is 3.77. The van der Waals surface area contributed by atoms with Crippen molar-refractivity contribution >= 4 is 11.8 Å². The lowest BCUT2D eigenvalue weighted by molar-refractivity contribution is 0.121. The summed E-state index contributed by atoms with van der Waals surface area (Å²) in [5.41, 5.74) is 2.59. The summed E-state index contributed by atoms with van der Waals surface area (Å²) < 4.78 is 0. The molecular formula is C15H22OS. The van der Waals surface area contributed by atoms with E-state index in [9.17, 15) is 5.11 Å². The van der Waals surface area contributed by atoms with Crippen LogP contribution in [-0.4, -0.2) is 16.6 Å². The molecule has 0 aliphatic carbocycles. The standard InChI is InChI=1S/C15H22OS/c1-15(2,3)13-6-4-11(5-7-13)14(16)12-8-9-17-10-12/h4-7,12,14,16H,8-10H2,1-3H3. The monoisotopic (exact) mass is 250 g/mol. The largest absolute Gasteiger partial charge is 0.388 e. The fourth-order valence-electron chi connectivity index (χ4n) is 2.25. The summed E-state index contributed by atoms with van der Waals surface area (Å²) in [6.07, 6.45) is 0.867. The highest BCUT2D eigenvalue weighted by Crippen LogP contribution is 2.34. The molecule has 1 fully saturated rings. The van der Waals surface area contributed by atoms with Crippen molar-refractivity contribution in [3.63, 3.8) is 0 Å². The van der Waals surface area contributed by atoms with E-state index < -0.39 is 0 Å². The maximum absolute atomic E-state index is 10.3. The maximum atomic E-state index is 10.3. The number of thioether (sulfide) groups is 1. The lowest BCUT2D eigenvalue weighted by Crippen LogP contribution is -2.14. The average Bonchev–Trinajstić information content (AvgIpc) is 2.80. The van der Waals surface area contributed by atoms with Crippen LogP contribution in [0, 0.1) is 5.92 Å². The van der Waals surface area contributed by atoms with E-state index in [1.807, 2.05) is 11.8 Å². The maximum Gasteiger partial charge on any atom is 0.0826 e. The molecule has 1 N–H and O–H groups in total. The van der Waals surface area contributed by atoms with Gasteiger partial charge in [-0.2, -0.15) is 11.8 Å². The molecule has 17 heavy (non-hydrogen) atoms.